The number of hydrogen-bond donors (Lipinski definition) is 1. The van der Waals surface area contributed by atoms with Crippen molar-refractivity contribution in [3.05, 3.63) is 0 Å². The number of nitrogens with two attached hydrogens (primary N) is 1. The molecule has 1 saturated carbocycles. The maximum atomic E-state index is 12.2. The van der Waals surface area contributed by atoms with Gasteiger partial charge in [0.15, 0.2) is 0 Å². The van der Waals surface area contributed by atoms with E-state index in [2.05, 4.69) is 11.8 Å². The lowest BCUT2D eigenvalue weighted by atomic mass is 9.76. The van der Waals surface area contributed by atoms with Crippen LogP contribution in [0.5, 0.6) is 0 Å². The fourth-order valence-corrected chi connectivity index (χ4v) is 4.25. The van der Waals surface area contributed by atoms with Gasteiger partial charge in [0.1, 0.15) is 5.60 Å². The topological polar surface area (TPSA) is 58.8 Å². The number of piperazine rings is 1. The molecule has 140 valence electrons. The van der Waals surface area contributed by atoms with E-state index in [0.717, 1.165) is 38.6 Å². The van der Waals surface area contributed by atoms with E-state index in [1.165, 1.54) is 32.1 Å². The van der Waals surface area contributed by atoms with Crippen LogP contribution in [0.25, 0.3) is 0 Å². The molecule has 0 radical (unpaired) electrons. The van der Waals surface area contributed by atoms with Crippen LogP contribution < -0.4 is 5.73 Å². The van der Waals surface area contributed by atoms with E-state index in [-0.39, 0.29) is 6.09 Å². The Kier molecular flexibility index (Phi) is 6.93. The molecule has 2 aliphatic rings. The Hall–Kier alpha value is -0.810. The summed E-state index contributed by atoms with van der Waals surface area (Å²) in [5.74, 6) is 1.47. The molecule has 3 atom stereocenters. The highest BCUT2D eigenvalue weighted by Crippen LogP contribution is 2.34. The molecule has 3 unspecified atom stereocenters. The number of nitrogens with zero attached hydrogens (tertiary/aromatic N) is 2. The average Bonchev–Trinajstić information content (AvgIpc) is 2.53. The molecule has 0 aromatic heterocycles. The SMILES string of the molecule is CCCC1CCC(CN)C(N2CCN(C(=O)OC(C)(C)C)CC2)C1. The van der Waals surface area contributed by atoms with Crippen LogP contribution in [0.1, 0.15) is 59.8 Å². The molecule has 2 rings (SSSR count). The monoisotopic (exact) mass is 339 g/mol. The van der Waals surface area contributed by atoms with Crippen LogP contribution in [-0.4, -0.2) is 60.3 Å². The fraction of sp³-hybridized carbons (Fsp3) is 0.947. The molecule has 1 aliphatic carbocycles. The van der Waals surface area contributed by atoms with Gasteiger partial charge in [0.2, 0.25) is 0 Å². The van der Waals surface area contributed by atoms with Crippen LogP contribution >= 0.6 is 0 Å². The Morgan fingerprint density at radius 3 is 2.38 bits per heavy atom. The Morgan fingerprint density at radius 1 is 1.17 bits per heavy atom. The van der Waals surface area contributed by atoms with Gasteiger partial charge in [-0.3, -0.25) is 4.90 Å². The molecule has 0 aromatic rings. The van der Waals surface area contributed by atoms with Crippen molar-refractivity contribution in [1.29, 1.82) is 0 Å². The first kappa shape index (κ1) is 19.5. The minimum atomic E-state index is -0.421. The number of rotatable bonds is 4. The first-order valence-electron chi connectivity index (χ1n) is 9.76. The number of carbonyl (C=O) groups is 1. The summed E-state index contributed by atoms with van der Waals surface area (Å²) < 4.78 is 5.50. The van der Waals surface area contributed by atoms with Crippen LogP contribution in [0.2, 0.25) is 0 Å². The lowest BCUT2D eigenvalue weighted by Gasteiger charge is -2.46. The fourth-order valence-electron chi connectivity index (χ4n) is 4.25. The normalized spacial score (nSPS) is 29.5. The molecule has 24 heavy (non-hydrogen) atoms. The Morgan fingerprint density at radius 2 is 1.83 bits per heavy atom. The molecule has 0 bridgehead atoms. The largest absolute Gasteiger partial charge is 0.444 e. The minimum Gasteiger partial charge on any atom is -0.444 e. The van der Waals surface area contributed by atoms with Gasteiger partial charge in [-0.2, -0.15) is 0 Å². The number of carbonyl (C=O) groups excluding carboxylic acids is 1. The molecule has 5 nitrogen and oxygen atoms in total. The molecule has 0 spiro atoms. The molecule has 1 aliphatic heterocycles. The van der Waals surface area contributed by atoms with Crippen LogP contribution in [0, 0.1) is 11.8 Å². The predicted molar refractivity (Wildman–Crippen MR) is 98.0 cm³/mol. The molecule has 1 amide bonds. The average molecular weight is 340 g/mol. The van der Waals surface area contributed by atoms with Gasteiger partial charge in [0.05, 0.1) is 0 Å². The summed E-state index contributed by atoms with van der Waals surface area (Å²) in [6, 6.07) is 0.598. The standard InChI is InChI=1S/C19H37N3O2/c1-5-6-15-7-8-16(14-20)17(13-15)21-9-11-22(12-10-21)18(23)24-19(2,3)4/h15-17H,5-14,20H2,1-4H3. The van der Waals surface area contributed by atoms with E-state index < -0.39 is 5.60 Å². The van der Waals surface area contributed by atoms with E-state index in [9.17, 15) is 4.79 Å². The van der Waals surface area contributed by atoms with Gasteiger partial charge in [-0.25, -0.2) is 4.79 Å². The van der Waals surface area contributed by atoms with Gasteiger partial charge in [-0.05, 0) is 52.0 Å². The highest BCUT2D eigenvalue weighted by molar-refractivity contribution is 5.68. The zero-order chi connectivity index (χ0) is 17.7. The molecule has 2 N–H and O–H groups in total. The van der Waals surface area contributed by atoms with Crippen molar-refractivity contribution in [1.82, 2.24) is 9.80 Å². The summed E-state index contributed by atoms with van der Waals surface area (Å²) in [5, 5.41) is 0. The third kappa shape index (κ3) is 5.35. The zero-order valence-corrected chi connectivity index (χ0v) is 16.1. The van der Waals surface area contributed by atoms with Gasteiger partial charge < -0.3 is 15.4 Å². The maximum absolute atomic E-state index is 12.2. The van der Waals surface area contributed by atoms with Crippen molar-refractivity contribution in [2.45, 2.75) is 71.4 Å². The molecular weight excluding hydrogens is 302 g/mol. The minimum absolute atomic E-state index is 0.176. The number of amides is 1. The van der Waals surface area contributed by atoms with E-state index >= 15 is 0 Å². The molecule has 2 fully saturated rings. The van der Waals surface area contributed by atoms with Gasteiger partial charge in [-0.15, -0.1) is 0 Å². The summed E-state index contributed by atoms with van der Waals surface area (Å²) in [4.78, 5) is 16.7. The summed E-state index contributed by atoms with van der Waals surface area (Å²) in [6.45, 7) is 12.2. The second-order valence-electron chi connectivity index (χ2n) is 8.53. The Balaban J connectivity index is 1.88. The van der Waals surface area contributed by atoms with Crippen LogP contribution in [0.3, 0.4) is 0 Å². The van der Waals surface area contributed by atoms with Gasteiger partial charge >= 0.3 is 6.09 Å². The van der Waals surface area contributed by atoms with Crippen molar-refractivity contribution in [2.75, 3.05) is 32.7 Å². The van der Waals surface area contributed by atoms with Gasteiger partial charge in [-0.1, -0.05) is 26.2 Å². The van der Waals surface area contributed by atoms with Crippen LogP contribution in [0.15, 0.2) is 0 Å². The van der Waals surface area contributed by atoms with Crippen molar-refractivity contribution in [3.63, 3.8) is 0 Å². The second-order valence-corrected chi connectivity index (χ2v) is 8.53. The van der Waals surface area contributed by atoms with Gasteiger partial charge in [0, 0.05) is 32.2 Å². The van der Waals surface area contributed by atoms with E-state index in [4.69, 9.17) is 10.5 Å². The van der Waals surface area contributed by atoms with E-state index in [1.54, 1.807) is 0 Å². The van der Waals surface area contributed by atoms with Crippen molar-refractivity contribution in [2.24, 2.45) is 17.6 Å². The van der Waals surface area contributed by atoms with Gasteiger partial charge in [0.25, 0.3) is 0 Å². The lowest BCUT2D eigenvalue weighted by molar-refractivity contribution is -0.000425. The summed E-state index contributed by atoms with van der Waals surface area (Å²) in [6.07, 6.45) is 6.32. The van der Waals surface area contributed by atoms with Crippen molar-refractivity contribution in [3.8, 4) is 0 Å². The quantitative estimate of drug-likeness (QED) is 0.855. The molecule has 1 heterocycles. The van der Waals surface area contributed by atoms with E-state index in [1.807, 2.05) is 25.7 Å². The van der Waals surface area contributed by atoms with Crippen LogP contribution in [-0.2, 0) is 4.74 Å². The highest BCUT2D eigenvalue weighted by atomic mass is 16.6. The summed E-state index contributed by atoms with van der Waals surface area (Å²) in [7, 11) is 0. The summed E-state index contributed by atoms with van der Waals surface area (Å²) in [5.41, 5.74) is 5.63. The third-order valence-electron chi connectivity index (χ3n) is 5.50. The zero-order valence-electron chi connectivity index (χ0n) is 16.1. The Bertz CT molecular complexity index is 400. The van der Waals surface area contributed by atoms with E-state index in [0.29, 0.717) is 12.0 Å². The molecular formula is C19H37N3O2. The molecule has 1 saturated heterocycles. The number of ether oxygens (including phenoxy) is 1. The van der Waals surface area contributed by atoms with Crippen LogP contribution in [0.4, 0.5) is 4.79 Å². The molecule has 0 aromatic carbocycles. The Labute approximate surface area is 147 Å². The third-order valence-corrected chi connectivity index (χ3v) is 5.50. The number of hydrogen-bond acceptors (Lipinski definition) is 4. The molecule has 5 heteroatoms. The maximum Gasteiger partial charge on any atom is 0.410 e. The predicted octanol–water partition coefficient (Wildman–Crippen LogP) is 3.08. The second kappa shape index (κ2) is 8.52. The first-order chi connectivity index (χ1) is 11.3. The highest BCUT2D eigenvalue weighted by Gasteiger charge is 2.35. The smallest absolute Gasteiger partial charge is 0.410 e. The van der Waals surface area contributed by atoms with Crippen molar-refractivity contribution < 1.29 is 9.53 Å². The lowest BCUT2D eigenvalue weighted by Crippen LogP contribution is -2.56. The van der Waals surface area contributed by atoms with Crippen molar-refractivity contribution >= 4 is 6.09 Å². The summed E-state index contributed by atoms with van der Waals surface area (Å²) >= 11 is 0. The first-order valence-corrected chi connectivity index (χ1v) is 9.76.